The monoisotopic (exact) mass is 292 g/mol. The fourth-order valence-corrected chi connectivity index (χ4v) is 2.54. The summed E-state index contributed by atoms with van der Waals surface area (Å²) in [6.45, 7) is 1.84. The molecular formula is C14H16N2O3S. The maximum absolute atomic E-state index is 12.0. The van der Waals surface area contributed by atoms with Crippen LogP contribution in [0.25, 0.3) is 0 Å². The molecular weight excluding hydrogens is 276 g/mol. The number of hydrogen-bond donors (Lipinski definition) is 2. The normalized spacial score (nSPS) is 10.3. The second-order valence-corrected chi connectivity index (χ2v) is 5.26. The van der Waals surface area contributed by atoms with E-state index in [1.54, 1.807) is 12.5 Å². The second-order valence-electron chi connectivity index (χ2n) is 4.32. The number of methoxy groups -OCH3 is 1. The van der Waals surface area contributed by atoms with Crippen LogP contribution in [0.4, 0.5) is 5.69 Å². The Labute approximate surface area is 121 Å². The molecule has 0 radical (unpaired) electrons. The summed E-state index contributed by atoms with van der Waals surface area (Å²) in [6.07, 6.45) is 0.182. The van der Waals surface area contributed by atoms with Crippen molar-refractivity contribution in [1.82, 2.24) is 4.98 Å². The molecule has 0 atom stereocenters. The van der Waals surface area contributed by atoms with Gasteiger partial charge in [-0.05, 0) is 24.6 Å². The first-order valence-corrected chi connectivity index (χ1v) is 6.99. The van der Waals surface area contributed by atoms with Crippen LogP contribution in [0.15, 0.2) is 23.6 Å². The Morgan fingerprint density at radius 1 is 1.50 bits per heavy atom. The molecule has 106 valence electrons. The van der Waals surface area contributed by atoms with E-state index in [1.807, 2.05) is 25.1 Å². The van der Waals surface area contributed by atoms with E-state index >= 15 is 0 Å². The predicted molar refractivity (Wildman–Crippen MR) is 78.1 cm³/mol. The van der Waals surface area contributed by atoms with Gasteiger partial charge >= 0.3 is 0 Å². The molecule has 1 amide bonds. The van der Waals surface area contributed by atoms with Crippen molar-refractivity contribution < 1.29 is 14.6 Å². The molecule has 0 aliphatic heterocycles. The second kappa shape index (κ2) is 6.49. The van der Waals surface area contributed by atoms with Crippen molar-refractivity contribution in [2.75, 3.05) is 12.4 Å². The van der Waals surface area contributed by atoms with E-state index in [0.29, 0.717) is 22.1 Å². The summed E-state index contributed by atoms with van der Waals surface area (Å²) >= 11 is 1.36. The molecule has 1 aromatic heterocycles. The molecule has 2 rings (SSSR count). The maximum atomic E-state index is 12.0. The number of nitrogens with zero attached hydrogens (tertiary/aromatic N) is 1. The predicted octanol–water partition coefficient (Wildman–Crippen LogP) is 2.13. The van der Waals surface area contributed by atoms with Crippen molar-refractivity contribution in [3.63, 3.8) is 0 Å². The summed E-state index contributed by atoms with van der Waals surface area (Å²) < 4.78 is 5.21. The summed E-state index contributed by atoms with van der Waals surface area (Å²) in [5.74, 6) is 0.465. The third kappa shape index (κ3) is 3.55. The van der Waals surface area contributed by atoms with E-state index in [1.165, 1.54) is 11.3 Å². The standard InChI is InChI=1S/C14H16N2O3S/c1-9-3-4-12(19-2)11(5-9)16-13(18)6-14-15-10(7-17)8-20-14/h3-5,8,17H,6-7H2,1-2H3,(H,16,18). The van der Waals surface area contributed by atoms with Gasteiger partial charge in [-0.25, -0.2) is 4.98 Å². The molecule has 2 N–H and O–H groups in total. The van der Waals surface area contributed by atoms with Crippen molar-refractivity contribution in [1.29, 1.82) is 0 Å². The Kier molecular flexibility index (Phi) is 4.70. The molecule has 0 saturated carbocycles. The van der Waals surface area contributed by atoms with Crippen LogP contribution in [0.5, 0.6) is 5.75 Å². The average Bonchev–Trinajstić information content (AvgIpc) is 2.86. The number of carbonyl (C=O) groups excluding carboxylic acids is 1. The number of thiazole rings is 1. The summed E-state index contributed by atoms with van der Waals surface area (Å²) in [4.78, 5) is 16.1. The highest BCUT2D eigenvalue weighted by molar-refractivity contribution is 7.09. The van der Waals surface area contributed by atoms with Crippen molar-refractivity contribution in [2.45, 2.75) is 20.0 Å². The molecule has 1 heterocycles. The lowest BCUT2D eigenvalue weighted by Crippen LogP contribution is -2.15. The zero-order valence-electron chi connectivity index (χ0n) is 11.3. The number of carbonyl (C=O) groups is 1. The minimum absolute atomic E-state index is 0.107. The molecule has 0 saturated heterocycles. The Bertz CT molecular complexity index is 610. The van der Waals surface area contributed by atoms with E-state index in [2.05, 4.69) is 10.3 Å². The van der Waals surface area contributed by atoms with Gasteiger partial charge in [-0.2, -0.15) is 0 Å². The first-order valence-electron chi connectivity index (χ1n) is 6.11. The van der Waals surface area contributed by atoms with Gasteiger partial charge in [0.2, 0.25) is 5.91 Å². The fourth-order valence-electron chi connectivity index (χ4n) is 1.75. The van der Waals surface area contributed by atoms with Gasteiger partial charge in [0, 0.05) is 5.38 Å². The van der Waals surface area contributed by atoms with Crippen LogP contribution >= 0.6 is 11.3 Å². The van der Waals surface area contributed by atoms with Gasteiger partial charge in [-0.1, -0.05) is 6.07 Å². The Morgan fingerprint density at radius 3 is 2.95 bits per heavy atom. The smallest absolute Gasteiger partial charge is 0.231 e. The lowest BCUT2D eigenvalue weighted by molar-refractivity contribution is -0.115. The highest BCUT2D eigenvalue weighted by atomic mass is 32.1. The van der Waals surface area contributed by atoms with Crippen molar-refractivity contribution in [2.24, 2.45) is 0 Å². The van der Waals surface area contributed by atoms with Gasteiger partial charge < -0.3 is 15.2 Å². The number of hydrogen-bond acceptors (Lipinski definition) is 5. The van der Waals surface area contributed by atoms with Gasteiger partial charge in [0.15, 0.2) is 0 Å². The minimum Gasteiger partial charge on any atom is -0.495 e. The lowest BCUT2D eigenvalue weighted by Gasteiger charge is -2.10. The first-order chi connectivity index (χ1) is 9.62. The Morgan fingerprint density at radius 2 is 2.30 bits per heavy atom. The summed E-state index contributed by atoms with van der Waals surface area (Å²) in [7, 11) is 1.56. The number of benzene rings is 1. The van der Waals surface area contributed by atoms with Crippen molar-refractivity contribution >= 4 is 22.9 Å². The molecule has 20 heavy (non-hydrogen) atoms. The number of ether oxygens (including phenoxy) is 1. The van der Waals surface area contributed by atoms with E-state index in [9.17, 15) is 4.79 Å². The molecule has 0 unspecified atom stereocenters. The number of rotatable bonds is 5. The highest BCUT2D eigenvalue weighted by Gasteiger charge is 2.11. The van der Waals surface area contributed by atoms with Crippen molar-refractivity contribution in [3.8, 4) is 5.75 Å². The van der Waals surface area contributed by atoms with E-state index in [-0.39, 0.29) is 18.9 Å². The quantitative estimate of drug-likeness (QED) is 0.885. The number of anilines is 1. The highest BCUT2D eigenvalue weighted by Crippen LogP contribution is 2.25. The number of nitrogens with one attached hydrogen (secondary N) is 1. The zero-order valence-corrected chi connectivity index (χ0v) is 12.2. The van der Waals surface area contributed by atoms with Crippen LogP contribution in [0.2, 0.25) is 0 Å². The lowest BCUT2D eigenvalue weighted by atomic mass is 10.2. The Hall–Kier alpha value is -1.92. The molecule has 2 aromatic rings. The van der Waals surface area contributed by atoms with Gasteiger partial charge in [-0.15, -0.1) is 11.3 Å². The summed E-state index contributed by atoms with van der Waals surface area (Å²) in [6, 6.07) is 5.60. The zero-order chi connectivity index (χ0) is 14.5. The molecule has 0 bridgehead atoms. The Balaban J connectivity index is 2.06. The van der Waals surface area contributed by atoms with Crippen LogP contribution in [-0.2, 0) is 17.8 Å². The van der Waals surface area contributed by atoms with Gasteiger partial charge in [0.1, 0.15) is 10.8 Å². The maximum Gasteiger partial charge on any atom is 0.231 e. The van der Waals surface area contributed by atoms with E-state index in [4.69, 9.17) is 9.84 Å². The van der Waals surface area contributed by atoms with Crippen LogP contribution < -0.4 is 10.1 Å². The molecule has 1 aromatic carbocycles. The average molecular weight is 292 g/mol. The largest absolute Gasteiger partial charge is 0.495 e. The van der Waals surface area contributed by atoms with Gasteiger partial charge in [-0.3, -0.25) is 4.79 Å². The van der Waals surface area contributed by atoms with Crippen LogP contribution in [-0.4, -0.2) is 23.1 Å². The number of aliphatic hydroxyl groups is 1. The molecule has 6 heteroatoms. The van der Waals surface area contributed by atoms with Gasteiger partial charge in [0.25, 0.3) is 0 Å². The van der Waals surface area contributed by atoms with Crippen LogP contribution in [0.3, 0.4) is 0 Å². The molecule has 0 fully saturated rings. The van der Waals surface area contributed by atoms with E-state index < -0.39 is 0 Å². The number of amides is 1. The molecule has 0 aliphatic rings. The molecule has 0 spiro atoms. The first kappa shape index (κ1) is 14.5. The van der Waals surface area contributed by atoms with Crippen molar-refractivity contribution in [3.05, 3.63) is 39.8 Å². The van der Waals surface area contributed by atoms with E-state index in [0.717, 1.165) is 5.56 Å². The molecule has 5 nitrogen and oxygen atoms in total. The fraction of sp³-hybridized carbons (Fsp3) is 0.286. The number of aryl methyl sites for hydroxylation is 1. The minimum atomic E-state index is -0.160. The topological polar surface area (TPSA) is 71.5 Å². The third-order valence-electron chi connectivity index (χ3n) is 2.70. The third-order valence-corrected chi connectivity index (χ3v) is 3.60. The molecule has 0 aliphatic carbocycles. The van der Waals surface area contributed by atoms with Gasteiger partial charge in [0.05, 0.1) is 31.5 Å². The summed E-state index contributed by atoms with van der Waals surface area (Å²) in [5.41, 5.74) is 2.28. The SMILES string of the molecule is COc1ccc(C)cc1NC(=O)Cc1nc(CO)cs1. The number of aliphatic hydroxyl groups excluding tert-OH is 1. The number of aromatic nitrogens is 1. The van der Waals surface area contributed by atoms with Crippen LogP contribution in [0, 0.1) is 6.92 Å². The summed E-state index contributed by atoms with van der Waals surface area (Å²) in [5, 5.41) is 14.2. The van der Waals surface area contributed by atoms with Crippen LogP contribution in [0.1, 0.15) is 16.3 Å².